The lowest BCUT2D eigenvalue weighted by Crippen LogP contribution is -2.24. The average molecular weight is 345 g/mol. The Morgan fingerprint density at radius 1 is 0.640 bits per heavy atom. The standard InChI is InChI=1S/C24H24S/c1-18-22(19-11-5-2-6-12-19)17-23(20-13-7-3-8-14-20)25-24(18)21-15-9-4-10-16-21/h2-16,18,22-24H,17H2,1H3. The van der Waals surface area contributed by atoms with Crippen molar-refractivity contribution in [3.63, 3.8) is 0 Å². The van der Waals surface area contributed by atoms with Crippen LogP contribution in [0, 0.1) is 5.92 Å². The molecule has 126 valence electrons. The summed E-state index contributed by atoms with van der Waals surface area (Å²) in [7, 11) is 0. The van der Waals surface area contributed by atoms with E-state index < -0.39 is 0 Å². The third-order valence-electron chi connectivity index (χ3n) is 5.42. The van der Waals surface area contributed by atoms with E-state index >= 15 is 0 Å². The Kier molecular flexibility index (Phi) is 4.94. The maximum Gasteiger partial charge on any atom is 0.0334 e. The van der Waals surface area contributed by atoms with Crippen LogP contribution < -0.4 is 0 Å². The molecule has 0 aromatic heterocycles. The van der Waals surface area contributed by atoms with Crippen molar-refractivity contribution in [1.82, 2.24) is 0 Å². The third kappa shape index (κ3) is 3.52. The molecule has 1 aliphatic rings. The number of benzene rings is 3. The number of thioether (sulfide) groups is 1. The Hall–Kier alpha value is -1.99. The Balaban J connectivity index is 1.72. The molecule has 25 heavy (non-hydrogen) atoms. The summed E-state index contributed by atoms with van der Waals surface area (Å²) in [4.78, 5) is 0. The summed E-state index contributed by atoms with van der Waals surface area (Å²) in [5.41, 5.74) is 4.40. The SMILES string of the molecule is CC1C(c2ccccc2)CC(c2ccccc2)SC1c1ccccc1. The van der Waals surface area contributed by atoms with Gasteiger partial charge in [-0.05, 0) is 34.9 Å². The Bertz CT molecular complexity index is 733. The molecule has 0 N–H and O–H groups in total. The zero-order valence-corrected chi connectivity index (χ0v) is 15.4. The summed E-state index contributed by atoms with van der Waals surface area (Å²) in [5.74, 6) is 1.22. The summed E-state index contributed by atoms with van der Waals surface area (Å²) in [6.07, 6.45) is 1.21. The first kappa shape index (κ1) is 16.5. The third-order valence-corrected chi connectivity index (χ3v) is 7.21. The molecule has 3 aromatic rings. The van der Waals surface area contributed by atoms with Crippen LogP contribution in [0.25, 0.3) is 0 Å². The van der Waals surface area contributed by atoms with E-state index in [0.29, 0.717) is 22.3 Å². The fourth-order valence-electron chi connectivity index (χ4n) is 4.06. The molecule has 1 saturated heterocycles. The molecule has 0 spiro atoms. The summed E-state index contributed by atoms with van der Waals surface area (Å²) in [6.45, 7) is 2.43. The van der Waals surface area contributed by atoms with Crippen molar-refractivity contribution in [3.8, 4) is 0 Å². The van der Waals surface area contributed by atoms with Crippen LogP contribution in [0.5, 0.6) is 0 Å². The maximum atomic E-state index is 2.43. The van der Waals surface area contributed by atoms with Gasteiger partial charge in [-0.1, -0.05) is 97.9 Å². The van der Waals surface area contributed by atoms with Gasteiger partial charge in [-0.15, -0.1) is 11.8 Å². The quantitative estimate of drug-likeness (QED) is 0.491. The maximum absolute atomic E-state index is 2.43. The number of hydrogen-bond donors (Lipinski definition) is 0. The molecule has 4 unspecified atom stereocenters. The topological polar surface area (TPSA) is 0 Å². The molecule has 0 aliphatic carbocycles. The Morgan fingerprint density at radius 2 is 1.12 bits per heavy atom. The number of hydrogen-bond acceptors (Lipinski definition) is 1. The van der Waals surface area contributed by atoms with E-state index in [2.05, 4.69) is 110 Å². The summed E-state index contributed by atoms with van der Waals surface area (Å²) >= 11 is 2.14. The van der Waals surface area contributed by atoms with Gasteiger partial charge in [-0.25, -0.2) is 0 Å². The van der Waals surface area contributed by atoms with Gasteiger partial charge in [-0.3, -0.25) is 0 Å². The van der Waals surface area contributed by atoms with Crippen LogP contribution >= 0.6 is 11.8 Å². The van der Waals surface area contributed by atoms with E-state index in [4.69, 9.17) is 0 Å². The van der Waals surface area contributed by atoms with Gasteiger partial charge in [0, 0.05) is 10.5 Å². The van der Waals surface area contributed by atoms with Crippen molar-refractivity contribution in [1.29, 1.82) is 0 Å². The highest BCUT2D eigenvalue weighted by atomic mass is 32.2. The molecule has 0 bridgehead atoms. The highest BCUT2D eigenvalue weighted by Gasteiger charge is 2.37. The minimum absolute atomic E-state index is 0.533. The average Bonchev–Trinajstić information content (AvgIpc) is 2.70. The molecule has 1 fully saturated rings. The van der Waals surface area contributed by atoms with Gasteiger partial charge >= 0.3 is 0 Å². The molecule has 4 rings (SSSR count). The fourth-order valence-corrected chi connectivity index (χ4v) is 5.80. The molecular weight excluding hydrogens is 320 g/mol. The zero-order valence-electron chi connectivity index (χ0n) is 14.6. The van der Waals surface area contributed by atoms with Crippen LogP contribution in [0.15, 0.2) is 91.0 Å². The lowest BCUT2D eigenvalue weighted by molar-refractivity contribution is 0.402. The second kappa shape index (κ2) is 7.49. The molecule has 0 saturated carbocycles. The minimum atomic E-state index is 0.533. The summed E-state index contributed by atoms with van der Waals surface area (Å²) in [5, 5.41) is 1.08. The highest BCUT2D eigenvalue weighted by molar-refractivity contribution is 7.99. The van der Waals surface area contributed by atoms with Crippen molar-refractivity contribution in [2.45, 2.75) is 29.8 Å². The largest absolute Gasteiger partial charge is 0.145 e. The van der Waals surface area contributed by atoms with Gasteiger partial charge in [0.05, 0.1) is 0 Å². The van der Waals surface area contributed by atoms with E-state index in [1.807, 2.05) is 0 Å². The first-order valence-corrected chi connectivity index (χ1v) is 10.1. The van der Waals surface area contributed by atoms with E-state index in [1.54, 1.807) is 0 Å². The molecule has 3 aromatic carbocycles. The Labute approximate surface area is 155 Å². The minimum Gasteiger partial charge on any atom is -0.145 e. The molecule has 0 nitrogen and oxygen atoms in total. The molecule has 0 radical (unpaired) electrons. The van der Waals surface area contributed by atoms with Crippen molar-refractivity contribution < 1.29 is 0 Å². The predicted molar refractivity (Wildman–Crippen MR) is 109 cm³/mol. The Morgan fingerprint density at radius 3 is 1.68 bits per heavy atom. The first-order chi connectivity index (χ1) is 12.3. The summed E-state index contributed by atoms with van der Waals surface area (Å²) in [6, 6.07) is 33.2. The molecule has 1 aliphatic heterocycles. The second-order valence-electron chi connectivity index (χ2n) is 6.98. The van der Waals surface area contributed by atoms with Crippen molar-refractivity contribution in [3.05, 3.63) is 108 Å². The summed E-state index contributed by atoms with van der Waals surface area (Å²) < 4.78 is 0. The predicted octanol–water partition coefficient (Wildman–Crippen LogP) is 7.03. The van der Waals surface area contributed by atoms with Gasteiger partial charge in [0.1, 0.15) is 0 Å². The van der Waals surface area contributed by atoms with Gasteiger partial charge in [0.2, 0.25) is 0 Å². The number of rotatable bonds is 3. The molecule has 0 amide bonds. The van der Waals surface area contributed by atoms with Crippen LogP contribution in [0.3, 0.4) is 0 Å². The zero-order chi connectivity index (χ0) is 17.1. The van der Waals surface area contributed by atoms with Crippen LogP contribution in [0.4, 0.5) is 0 Å². The van der Waals surface area contributed by atoms with E-state index in [-0.39, 0.29) is 0 Å². The van der Waals surface area contributed by atoms with Crippen molar-refractivity contribution in [2.24, 2.45) is 5.92 Å². The van der Waals surface area contributed by atoms with E-state index in [1.165, 1.54) is 23.1 Å². The van der Waals surface area contributed by atoms with Crippen LogP contribution in [-0.2, 0) is 0 Å². The normalized spacial score (nSPS) is 26.3. The molecule has 4 atom stereocenters. The lowest BCUT2D eigenvalue weighted by Gasteiger charge is -2.41. The molecule has 1 heteroatoms. The van der Waals surface area contributed by atoms with Gasteiger partial charge in [0.15, 0.2) is 0 Å². The van der Waals surface area contributed by atoms with Gasteiger partial charge < -0.3 is 0 Å². The first-order valence-electron chi connectivity index (χ1n) is 9.13. The fraction of sp³-hybridized carbons (Fsp3) is 0.250. The van der Waals surface area contributed by atoms with Crippen LogP contribution in [0.1, 0.15) is 46.5 Å². The second-order valence-corrected chi connectivity index (χ2v) is 8.33. The highest BCUT2D eigenvalue weighted by Crippen LogP contribution is 2.57. The van der Waals surface area contributed by atoms with Crippen molar-refractivity contribution >= 4 is 11.8 Å². The van der Waals surface area contributed by atoms with Gasteiger partial charge in [-0.2, -0.15) is 0 Å². The smallest absolute Gasteiger partial charge is 0.0334 e. The molecule has 1 heterocycles. The molecular formula is C24H24S. The van der Waals surface area contributed by atoms with E-state index in [0.717, 1.165) is 0 Å². The lowest BCUT2D eigenvalue weighted by atomic mass is 9.79. The monoisotopic (exact) mass is 344 g/mol. The van der Waals surface area contributed by atoms with E-state index in [9.17, 15) is 0 Å². The van der Waals surface area contributed by atoms with Gasteiger partial charge in [0.25, 0.3) is 0 Å². The van der Waals surface area contributed by atoms with Crippen LogP contribution in [0.2, 0.25) is 0 Å². The van der Waals surface area contributed by atoms with Crippen molar-refractivity contribution in [2.75, 3.05) is 0 Å². The van der Waals surface area contributed by atoms with Crippen LogP contribution in [-0.4, -0.2) is 0 Å².